The van der Waals surface area contributed by atoms with Crippen LogP contribution in [0.1, 0.15) is 26.9 Å². The van der Waals surface area contributed by atoms with Gasteiger partial charge in [-0.05, 0) is 26.0 Å². The van der Waals surface area contributed by atoms with Crippen LogP contribution in [0, 0.1) is 19.8 Å². The lowest BCUT2D eigenvalue weighted by molar-refractivity contribution is -0.192. The summed E-state index contributed by atoms with van der Waals surface area (Å²) in [7, 11) is -3.43. The Hall–Kier alpha value is -2.58. The number of carboxylic acids is 1. The molecule has 2 fully saturated rings. The molecule has 2 aliphatic heterocycles. The van der Waals surface area contributed by atoms with Gasteiger partial charge < -0.3 is 10.0 Å². The first-order valence-electron chi connectivity index (χ1n) is 9.72. The molecule has 33 heavy (non-hydrogen) atoms. The Bertz CT molecular complexity index is 1150. The molecule has 0 aliphatic carbocycles. The maximum atomic E-state index is 12.9. The van der Waals surface area contributed by atoms with Crippen molar-refractivity contribution in [2.45, 2.75) is 31.8 Å². The number of fused-ring (bicyclic) bond motifs is 1. The van der Waals surface area contributed by atoms with Gasteiger partial charge in [-0.3, -0.25) is 4.79 Å². The average molecular weight is 507 g/mol. The smallest absolute Gasteiger partial charge is 0.475 e. The van der Waals surface area contributed by atoms with Crippen LogP contribution >= 0.6 is 11.3 Å². The molecule has 0 spiro atoms. The molecular formula is C19H21F3N4O5S2. The number of carbonyl (C=O) groups is 2. The summed E-state index contributed by atoms with van der Waals surface area (Å²) in [6.45, 7) is 5.17. The molecule has 0 saturated carbocycles. The van der Waals surface area contributed by atoms with E-state index in [4.69, 9.17) is 9.90 Å². The summed E-state index contributed by atoms with van der Waals surface area (Å²) in [6, 6.07) is 5.30. The minimum absolute atomic E-state index is 0.0616. The van der Waals surface area contributed by atoms with Crippen molar-refractivity contribution in [3.8, 4) is 0 Å². The van der Waals surface area contributed by atoms with Crippen LogP contribution in [0.3, 0.4) is 0 Å². The lowest BCUT2D eigenvalue weighted by Gasteiger charge is -2.21. The molecule has 9 nitrogen and oxygen atoms in total. The van der Waals surface area contributed by atoms with E-state index < -0.39 is 27.4 Å². The Morgan fingerprint density at radius 2 is 1.85 bits per heavy atom. The lowest BCUT2D eigenvalue weighted by Crippen LogP contribution is -2.37. The summed E-state index contributed by atoms with van der Waals surface area (Å²) < 4.78 is 59.0. The predicted molar refractivity (Wildman–Crippen MR) is 112 cm³/mol. The summed E-state index contributed by atoms with van der Waals surface area (Å²) in [6.07, 6.45) is -5.08. The molecule has 2 unspecified atom stereocenters. The zero-order chi connectivity index (χ0) is 24.6. The summed E-state index contributed by atoms with van der Waals surface area (Å²) in [5, 5.41) is 9.42. The number of aromatic nitrogens is 2. The number of pyridine rings is 1. The fourth-order valence-electron chi connectivity index (χ4n) is 3.72. The third kappa shape index (κ3) is 5.68. The molecular weight excluding hydrogens is 485 g/mol. The van der Waals surface area contributed by atoms with Crippen molar-refractivity contribution < 1.29 is 36.3 Å². The number of likely N-dealkylation sites (tertiary alicyclic amines) is 1. The maximum Gasteiger partial charge on any atom is 0.490 e. The van der Waals surface area contributed by atoms with E-state index in [0.29, 0.717) is 25.3 Å². The molecule has 14 heteroatoms. The lowest BCUT2D eigenvalue weighted by atomic mass is 10.1. The summed E-state index contributed by atoms with van der Waals surface area (Å²) in [5.74, 6) is -3.01. The monoisotopic (exact) mass is 506 g/mol. The number of amides is 1. The minimum Gasteiger partial charge on any atom is -0.475 e. The van der Waals surface area contributed by atoms with Crippen LogP contribution in [0.5, 0.6) is 0 Å². The van der Waals surface area contributed by atoms with Crippen LogP contribution in [-0.2, 0) is 21.4 Å². The van der Waals surface area contributed by atoms with Crippen molar-refractivity contribution in [2.75, 3.05) is 19.6 Å². The predicted octanol–water partition coefficient (Wildman–Crippen LogP) is 2.07. The number of aryl methyl sites for hydroxylation is 2. The van der Waals surface area contributed by atoms with E-state index in [1.165, 1.54) is 15.6 Å². The summed E-state index contributed by atoms with van der Waals surface area (Å²) in [4.78, 5) is 31.8. The van der Waals surface area contributed by atoms with Gasteiger partial charge in [0, 0.05) is 36.6 Å². The van der Waals surface area contributed by atoms with Crippen molar-refractivity contribution in [1.82, 2.24) is 19.2 Å². The van der Waals surface area contributed by atoms with E-state index in [2.05, 4.69) is 9.97 Å². The Morgan fingerprint density at radius 1 is 1.18 bits per heavy atom. The van der Waals surface area contributed by atoms with E-state index in [-0.39, 0.29) is 18.4 Å². The SMILES string of the molecule is Cc1cccc(C(=O)N2CC3CN(Cc4csc(C)n4)S(=O)(=O)C3C2)n1.O=C(O)C(F)(F)F. The first-order chi connectivity index (χ1) is 15.3. The Kier molecular flexibility index (Phi) is 7.10. The van der Waals surface area contributed by atoms with Gasteiger partial charge in [-0.1, -0.05) is 6.07 Å². The third-order valence-electron chi connectivity index (χ3n) is 5.20. The van der Waals surface area contributed by atoms with E-state index in [1.807, 2.05) is 25.3 Å². The van der Waals surface area contributed by atoms with Crippen LogP contribution in [0.2, 0.25) is 0 Å². The number of sulfonamides is 1. The number of carbonyl (C=O) groups excluding carboxylic acids is 1. The highest BCUT2D eigenvalue weighted by Gasteiger charge is 2.52. The summed E-state index contributed by atoms with van der Waals surface area (Å²) >= 11 is 1.52. The fourth-order valence-corrected chi connectivity index (χ4v) is 6.44. The third-order valence-corrected chi connectivity index (χ3v) is 8.32. The number of thiazole rings is 1. The van der Waals surface area contributed by atoms with Gasteiger partial charge in [0.15, 0.2) is 0 Å². The second kappa shape index (κ2) is 9.35. The molecule has 1 amide bonds. The van der Waals surface area contributed by atoms with E-state index in [1.54, 1.807) is 17.0 Å². The standard InChI is InChI=1S/C17H20N4O3S2.C2HF3O2/c1-11-4-3-5-15(18-11)17(22)20-6-13-7-21(26(23,24)16(13)9-20)8-14-10-25-12(2)19-14;3-2(4,5)1(6)7/h3-5,10,13,16H,6-9H2,1-2H3;(H,6,7). The van der Waals surface area contributed by atoms with Crippen LogP contribution in [-0.4, -0.2) is 75.6 Å². The minimum atomic E-state index is -5.08. The van der Waals surface area contributed by atoms with E-state index in [9.17, 15) is 26.4 Å². The number of rotatable bonds is 3. The highest BCUT2D eigenvalue weighted by Crippen LogP contribution is 2.35. The molecule has 2 atom stereocenters. The van der Waals surface area contributed by atoms with Gasteiger partial charge >= 0.3 is 12.1 Å². The molecule has 1 N–H and O–H groups in total. The second-order valence-corrected chi connectivity index (χ2v) is 10.9. The number of aliphatic carboxylic acids is 1. The Balaban J connectivity index is 0.000000383. The van der Waals surface area contributed by atoms with Crippen molar-refractivity contribution in [2.24, 2.45) is 5.92 Å². The van der Waals surface area contributed by atoms with Gasteiger partial charge in [0.25, 0.3) is 5.91 Å². The zero-order valence-corrected chi connectivity index (χ0v) is 19.2. The summed E-state index contributed by atoms with van der Waals surface area (Å²) in [5.41, 5.74) is 1.93. The highest BCUT2D eigenvalue weighted by molar-refractivity contribution is 7.90. The van der Waals surface area contributed by atoms with Gasteiger partial charge in [-0.15, -0.1) is 11.3 Å². The number of hydrogen-bond donors (Lipinski definition) is 1. The average Bonchev–Trinajstić information content (AvgIpc) is 3.38. The van der Waals surface area contributed by atoms with Gasteiger partial charge in [0.2, 0.25) is 10.0 Å². The Labute approximate surface area is 191 Å². The van der Waals surface area contributed by atoms with Crippen LogP contribution in [0.4, 0.5) is 13.2 Å². The Morgan fingerprint density at radius 3 is 2.36 bits per heavy atom. The molecule has 2 saturated heterocycles. The maximum absolute atomic E-state index is 12.9. The number of carboxylic acid groups (broad SMARTS) is 1. The molecule has 4 heterocycles. The number of halogens is 3. The van der Waals surface area contributed by atoms with Crippen LogP contribution in [0.25, 0.3) is 0 Å². The van der Waals surface area contributed by atoms with Crippen LogP contribution < -0.4 is 0 Å². The number of alkyl halides is 3. The van der Waals surface area contributed by atoms with Crippen LogP contribution in [0.15, 0.2) is 23.6 Å². The quantitative estimate of drug-likeness (QED) is 0.677. The first kappa shape index (κ1) is 25.1. The zero-order valence-electron chi connectivity index (χ0n) is 17.6. The molecule has 4 rings (SSSR count). The fraction of sp³-hybridized carbons (Fsp3) is 0.474. The van der Waals surface area contributed by atoms with Gasteiger partial charge in [-0.2, -0.15) is 17.5 Å². The topological polar surface area (TPSA) is 121 Å². The van der Waals surface area contributed by atoms with Crippen molar-refractivity contribution in [3.63, 3.8) is 0 Å². The first-order valence-corrected chi connectivity index (χ1v) is 12.1. The molecule has 0 aromatic carbocycles. The molecule has 180 valence electrons. The number of nitrogens with zero attached hydrogens (tertiary/aromatic N) is 4. The molecule has 0 bridgehead atoms. The normalized spacial score (nSPS) is 21.9. The van der Waals surface area contributed by atoms with Crippen molar-refractivity contribution >= 4 is 33.2 Å². The molecule has 0 radical (unpaired) electrons. The molecule has 2 aromatic heterocycles. The van der Waals surface area contributed by atoms with E-state index in [0.717, 1.165) is 16.4 Å². The van der Waals surface area contributed by atoms with Gasteiger partial charge in [-0.25, -0.2) is 23.2 Å². The van der Waals surface area contributed by atoms with Crippen molar-refractivity contribution in [1.29, 1.82) is 0 Å². The molecule has 2 aromatic rings. The largest absolute Gasteiger partial charge is 0.490 e. The second-order valence-electron chi connectivity index (χ2n) is 7.67. The van der Waals surface area contributed by atoms with Gasteiger partial charge in [0.05, 0.1) is 22.5 Å². The molecule has 2 aliphatic rings. The van der Waals surface area contributed by atoms with E-state index >= 15 is 0 Å². The highest BCUT2D eigenvalue weighted by atomic mass is 32.2. The van der Waals surface area contributed by atoms with Gasteiger partial charge in [0.1, 0.15) is 5.69 Å². The van der Waals surface area contributed by atoms with Crippen molar-refractivity contribution in [3.05, 3.63) is 45.7 Å². The number of hydrogen-bond acceptors (Lipinski definition) is 7.